The van der Waals surface area contributed by atoms with Gasteiger partial charge in [0, 0.05) is 13.2 Å². The monoisotopic (exact) mass is 203 g/mol. The van der Waals surface area contributed by atoms with E-state index in [0.29, 0.717) is 5.69 Å². The van der Waals surface area contributed by atoms with E-state index in [1.807, 2.05) is 32.3 Å². The van der Waals surface area contributed by atoms with Gasteiger partial charge in [0.25, 0.3) is 0 Å². The molecule has 0 fully saturated rings. The highest BCUT2D eigenvalue weighted by Crippen LogP contribution is 2.16. The third-order valence-electron chi connectivity index (χ3n) is 2.10. The van der Waals surface area contributed by atoms with Crippen molar-refractivity contribution in [2.75, 3.05) is 11.1 Å². The largest absolute Gasteiger partial charge is 0.397 e. The lowest BCUT2D eigenvalue weighted by atomic mass is 10.3. The van der Waals surface area contributed by atoms with Crippen molar-refractivity contribution in [3.05, 3.63) is 30.2 Å². The maximum Gasteiger partial charge on any atom is 0.130 e. The summed E-state index contributed by atoms with van der Waals surface area (Å²) in [5.41, 5.74) is 8.11. The minimum Gasteiger partial charge on any atom is -0.397 e. The van der Waals surface area contributed by atoms with Gasteiger partial charge in [-0.25, -0.2) is 4.98 Å². The van der Waals surface area contributed by atoms with E-state index in [1.54, 1.807) is 10.9 Å². The molecule has 0 spiro atoms. The molecule has 0 unspecified atom stereocenters. The van der Waals surface area contributed by atoms with Gasteiger partial charge in [-0.3, -0.25) is 4.68 Å². The molecule has 0 aromatic carbocycles. The second-order valence-corrected chi connectivity index (χ2v) is 3.40. The molecule has 0 radical (unpaired) electrons. The van der Waals surface area contributed by atoms with Gasteiger partial charge < -0.3 is 11.1 Å². The Balaban J connectivity index is 2.21. The maximum atomic E-state index is 5.68. The van der Waals surface area contributed by atoms with Crippen molar-refractivity contribution >= 4 is 17.2 Å². The van der Waals surface area contributed by atoms with Crippen molar-refractivity contribution in [3.63, 3.8) is 0 Å². The van der Waals surface area contributed by atoms with Crippen LogP contribution in [0, 0.1) is 6.92 Å². The minimum absolute atomic E-state index is 0.701. The third kappa shape index (κ3) is 2.07. The Morgan fingerprint density at radius 3 is 2.80 bits per heavy atom. The zero-order chi connectivity index (χ0) is 10.8. The van der Waals surface area contributed by atoms with Crippen molar-refractivity contribution in [1.82, 2.24) is 14.8 Å². The van der Waals surface area contributed by atoms with E-state index >= 15 is 0 Å². The number of hydrogen-bond donors (Lipinski definition) is 2. The summed E-state index contributed by atoms with van der Waals surface area (Å²) in [6.45, 7) is 1.88. The van der Waals surface area contributed by atoms with Crippen LogP contribution < -0.4 is 11.1 Å². The first-order valence-electron chi connectivity index (χ1n) is 4.64. The average Bonchev–Trinajstić information content (AvgIpc) is 2.58. The van der Waals surface area contributed by atoms with Gasteiger partial charge in [-0.15, -0.1) is 0 Å². The Morgan fingerprint density at radius 1 is 1.40 bits per heavy atom. The number of aromatic nitrogens is 3. The quantitative estimate of drug-likeness (QED) is 0.775. The lowest BCUT2D eigenvalue weighted by Crippen LogP contribution is -1.97. The first kappa shape index (κ1) is 9.51. The fourth-order valence-corrected chi connectivity index (χ4v) is 1.28. The van der Waals surface area contributed by atoms with E-state index in [1.165, 1.54) is 0 Å². The van der Waals surface area contributed by atoms with Crippen LogP contribution in [0.1, 0.15) is 5.69 Å². The van der Waals surface area contributed by atoms with Gasteiger partial charge in [0.2, 0.25) is 0 Å². The Bertz CT molecular complexity index is 474. The normalized spacial score (nSPS) is 10.3. The lowest BCUT2D eigenvalue weighted by molar-refractivity contribution is 0.768. The number of hydrogen-bond acceptors (Lipinski definition) is 4. The van der Waals surface area contributed by atoms with Crippen molar-refractivity contribution in [2.24, 2.45) is 7.05 Å². The number of nitrogens with two attached hydrogens (primary N) is 1. The van der Waals surface area contributed by atoms with Crippen LogP contribution in [0.3, 0.4) is 0 Å². The third-order valence-corrected chi connectivity index (χ3v) is 2.10. The number of rotatable bonds is 2. The van der Waals surface area contributed by atoms with Crippen LogP contribution in [0.15, 0.2) is 24.5 Å². The van der Waals surface area contributed by atoms with E-state index in [2.05, 4.69) is 15.4 Å². The highest BCUT2D eigenvalue weighted by atomic mass is 15.3. The summed E-state index contributed by atoms with van der Waals surface area (Å²) < 4.78 is 1.73. The van der Waals surface area contributed by atoms with Gasteiger partial charge in [-0.1, -0.05) is 0 Å². The van der Waals surface area contributed by atoms with E-state index in [0.717, 1.165) is 17.2 Å². The first-order valence-corrected chi connectivity index (χ1v) is 4.64. The molecule has 5 nitrogen and oxygen atoms in total. The molecule has 78 valence electrons. The second kappa shape index (κ2) is 3.61. The van der Waals surface area contributed by atoms with Gasteiger partial charge in [-0.05, 0) is 19.1 Å². The highest BCUT2D eigenvalue weighted by molar-refractivity contribution is 5.57. The van der Waals surface area contributed by atoms with Crippen LogP contribution in [0.5, 0.6) is 0 Å². The summed E-state index contributed by atoms with van der Waals surface area (Å²) in [7, 11) is 1.87. The number of nitrogen functional groups attached to an aromatic ring is 1. The topological polar surface area (TPSA) is 68.8 Å². The molecule has 5 heteroatoms. The standard InChI is InChI=1S/C10H13N5/c1-7-9(11)3-4-10(13-7)14-8-5-12-15(2)6-8/h3-6H,11H2,1-2H3,(H,13,14). The highest BCUT2D eigenvalue weighted by Gasteiger charge is 2.00. The van der Waals surface area contributed by atoms with Crippen molar-refractivity contribution in [2.45, 2.75) is 6.92 Å². The molecular weight excluding hydrogens is 190 g/mol. The molecule has 2 aromatic heterocycles. The van der Waals surface area contributed by atoms with Crippen LogP contribution in [0.25, 0.3) is 0 Å². The molecule has 2 aromatic rings. The van der Waals surface area contributed by atoms with Gasteiger partial charge in [0.05, 0.1) is 23.3 Å². The smallest absolute Gasteiger partial charge is 0.130 e. The first-order chi connectivity index (χ1) is 7.15. The van der Waals surface area contributed by atoms with Crippen molar-refractivity contribution in [3.8, 4) is 0 Å². The lowest BCUT2D eigenvalue weighted by Gasteiger charge is -2.04. The molecule has 0 aliphatic rings. The summed E-state index contributed by atoms with van der Waals surface area (Å²) in [4.78, 5) is 4.30. The van der Waals surface area contributed by atoms with Gasteiger partial charge in [-0.2, -0.15) is 5.10 Å². The van der Waals surface area contributed by atoms with Crippen LogP contribution in [-0.4, -0.2) is 14.8 Å². The summed E-state index contributed by atoms with van der Waals surface area (Å²) in [6, 6.07) is 3.68. The van der Waals surface area contributed by atoms with Gasteiger partial charge >= 0.3 is 0 Å². The summed E-state index contributed by atoms with van der Waals surface area (Å²) in [5, 5.41) is 7.20. The predicted octanol–water partition coefficient (Wildman–Crippen LogP) is 1.45. The fraction of sp³-hybridized carbons (Fsp3) is 0.200. The zero-order valence-electron chi connectivity index (χ0n) is 8.73. The molecule has 2 heterocycles. The van der Waals surface area contributed by atoms with Crippen LogP contribution >= 0.6 is 0 Å². The molecule has 0 atom stereocenters. The molecule has 2 rings (SSSR count). The summed E-state index contributed by atoms with van der Waals surface area (Å²) in [5.74, 6) is 0.773. The molecule has 3 N–H and O–H groups in total. The van der Waals surface area contributed by atoms with Crippen molar-refractivity contribution in [1.29, 1.82) is 0 Å². The van der Waals surface area contributed by atoms with E-state index in [4.69, 9.17) is 5.73 Å². The molecule has 0 bridgehead atoms. The summed E-state index contributed by atoms with van der Waals surface area (Å²) in [6.07, 6.45) is 3.63. The van der Waals surface area contributed by atoms with E-state index < -0.39 is 0 Å². The molecule has 0 aliphatic heterocycles. The minimum atomic E-state index is 0.701. The molecule has 0 aliphatic carbocycles. The Kier molecular flexibility index (Phi) is 2.29. The molecule has 15 heavy (non-hydrogen) atoms. The second-order valence-electron chi connectivity index (χ2n) is 3.40. The zero-order valence-corrected chi connectivity index (χ0v) is 8.73. The van der Waals surface area contributed by atoms with Crippen LogP contribution in [0.2, 0.25) is 0 Å². The molecule has 0 saturated carbocycles. The van der Waals surface area contributed by atoms with Crippen molar-refractivity contribution < 1.29 is 0 Å². The van der Waals surface area contributed by atoms with E-state index in [9.17, 15) is 0 Å². The maximum absolute atomic E-state index is 5.68. The SMILES string of the molecule is Cc1nc(Nc2cnn(C)c2)ccc1N. The Labute approximate surface area is 87.9 Å². The van der Waals surface area contributed by atoms with Gasteiger partial charge in [0.1, 0.15) is 5.82 Å². The number of nitrogens with zero attached hydrogens (tertiary/aromatic N) is 3. The predicted molar refractivity (Wildman–Crippen MR) is 59.9 cm³/mol. The summed E-state index contributed by atoms with van der Waals surface area (Å²) >= 11 is 0. The van der Waals surface area contributed by atoms with Gasteiger partial charge in [0.15, 0.2) is 0 Å². The number of aryl methyl sites for hydroxylation is 2. The number of anilines is 3. The fourth-order valence-electron chi connectivity index (χ4n) is 1.28. The number of nitrogens with one attached hydrogen (secondary N) is 1. The van der Waals surface area contributed by atoms with Crippen LogP contribution in [-0.2, 0) is 7.05 Å². The Morgan fingerprint density at radius 2 is 2.20 bits per heavy atom. The van der Waals surface area contributed by atoms with Crippen LogP contribution in [0.4, 0.5) is 17.2 Å². The number of pyridine rings is 1. The Hall–Kier alpha value is -2.04. The average molecular weight is 203 g/mol. The molecule has 0 amide bonds. The molecule has 0 saturated heterocycles. The van der Waals surface area contributed by atoms with E-state index in [-0.39, 0.29) is 0 Å². The molecular formula is C10H13N5.